The monoisotopic (exact) mass is 702 g/mol. The fraction of sp³-hybridized carbons (Fsp3) is 0. The van der Waals surface area contributed by atoms with E-state index in [2.05, 4.69) is 206 Å². The Bertz CT molecular complexity index is 2930. The molecule has 0 spiro atoms. The molecule has 0 bridgehead atoms. The smallest absolute Gasteiger partial charge is 0.230 e. The van der Waals surface area contributed by atoms with E-state index in [9.17, 15) is 0 Å². The average molecular weight is 703 g/mol. The van der Waals surface area contributed by atoms with Crippen LogP contribution in [0.2, 0.25) is 0 Å². The summed E-state index contributed by atoms with van der Waals surface area (Å²) >= 11 is 0. The summed E-state index contributed by atoms with van der Waals surface area (Å²) in [6.07, 6.45) is 0. The van der Waals surface area contributed by atoms with Crippen LogP contribution in [0, 0.1) is 11.5 Å². The van der Waals surface area contributed by atoms with Crippen LogP contribution in [-0.2, 0) is 0 Å². The summed E-state index contributed by atoms with van der Waals surface area (Å²) in [5.41, 5.74) is 11.7. The number of fused-ring (bicyclic) bond motifs is 5. The molecular formula is C52H34OSi. The van der Waals surface area contributed by atoms with Crippen molar-refractivity contribution in [2.24, 2.45) is 0 Å². The van der Waals surface area contributed by atoms with Crippen LogP contribution in [0.4, 0.5) is 0 Å². The van der Waals surface area contributed by atoms with E-state index in [0.29, 0.717) is 0 Å². The van der Waals surface area contributed by atoms with E-state index in [1.54, 1.807) is 0 Å². The molecule has 0 aliphatic heterocycles. The highest BCUT2D eigenvalue weighted by molar-refractivity contribution is 7.16. The number of furan rings is 1. The van der Waals surface area contributed by atoms with E-state index in [4.69, 9.17) is 4.42 Å². The zero-order chi connectivity index (χ0) is 35.9. The predicted octanol–water partition coefficient (Wildman–Crippen LogP) is 11.3. The van der Waals surface area contributed by atoms with Gasteiger partial charge in [0.25, 0.3) is 0 Å². The molecule has 1 heterocycles. The van der Waals surface area contributed by atoms with Crippen molar-refractivity contribution in [1.82, 2.24) is 0 Å². The molecule has 0 saturated carbocycles. The molecule has 2 heteroatoms. The van der Waals surface area contributed by atoms with Gasteiger partial charge in [-0.3, -0.25) is 0 Å². The zero-order valence-corrected chi connectivity index (χ0v) is 30.5. The third-order valence-electron chi connectivity index (χ3n) is 10.8. The van der Waals surface area contributed by atoms with Crippen molar-refractivity contribution in [3.05, 3.63) is 212 Å². The Hall–Kier alpha value is -6.92. The van der Waals surface area contributed by atoms with Crippen LogP contribution >= 0.6 is 0 Å². The van der Waals surface area contributed by atoms with Crippen molar-refractivity contribution in [3.63, 3.8) is 0 Å². The minimum atomic E-state index is -2.83. The topological polar surface area (TPSA) is 13.1 Å². The lowest BCUT2D eigenvalue weighted by molar-refractivity contribution is 0.669. The molecular weight excluding hydrogens is 669 g/mol. The van der Waals surface area contributed by atoms with Crippen LogP contribution in [0.3, 0.4) is 0 Å². The standard InChI is InChI=1S/C52H34OSi/c1-5-17-37(18-6-1)52-47-27-14-13-25-43(47)45(33-34-54(40-19-7-2-8-20-40,41-21-9-3-10-22-41)42-23-11-4-12-24-42)44-31-29-38(36-49(44)52)39-30-32-51-48(35-39)46-26-15-16-28-50(46)53-51/h1-32,35-36H. The first kappa shape index (κ1) is 31.8. The second-order valence-corrected chi connectivity index (χ2v) is 17.3. The largest absolute Gasteiger partial charge is 0.456 e. The fourth-order valence-electron chi connectivity index (χ4n) is 8.25. The van der Waals surface area contributed by atoms with Gasteiger partial charge in [0.2, 0.25) is 8.07 Å². The van der Waals surface area contributed by atoms with E-state index in [1.807, 2.05) is 12.1 Å². The van der Waals surface area contributed by atoms with Crippen molar-refractivity contribution in [1.29, 1.82) is 0 Å². The number of benzene rings is 9. The van der Waals surface area contributed by atoms with Gasteiger partial charge in [0.05, 0.1) is 0 Å². The van der Waals surface area contributed by atoms with Crippen molar-refractivity contribution in [2.45, 2.75) is 0 Å². The van der Waals surface area contributed by atoms with Gasteiger partial charge in [0, 0.05) is 16.3 Å². The van der Waals surface area contributed by atoms with Gasteiger partial charge in [0.15, 0.2) is 0 Å². The number of hydrogen-bond acceptors (Lipinski definition) is 1. The molecule has 0 radical (unpaired) electrons. The van der Waals surface area contributed by atoms with Gasteiger partial charge < -0.3 is 4.42 Å². The maximum absolute atomic E-state index is 6.19. The molecule has 10 aromatic rings. The van der Waals surface area contributed by atoms with Crippen LogP contribution in [0.15, 0.2) is 211 Å². The van der Waals surface area contributed by atoms with E-state index < -0.39 is 8.07 Å². The Kier molecular flexibility index (Phi) is 7.80. The Labute approximate surface area is 315 Å². The molecule has 0 saturated heterocycles. The summed E-state index contributed by atoms with van der Waals surface area (Å²) in [4.78, 5) is 0. The van der Waals surface area contributed by atoms with Crippen LogP contribution < -0.4 is 15.6 Å². The first-order valence-corrected chi connectivity index (χ1v) is 20.4. The SMILES string of the molecule is C(#C[Si](c1ccccc1)(c1ccccc1)c1ccccc1)c1c2ccccc2c(-c2ccccc2)c2cc(-c3ccc4oc5ccccc5c4c3)ccc12. The third kappa shape index (κ3) is 5.26. The molecule has 0 unspecified atom stereocenters. The van der Waals surface area contributed by atoms with Crippen molar-refractivity contribution >= 4 is 67.1 Å². The Balaban J connectivity index is 1.28. The molecule has 54 heavy (non-hydrogen) atoms. The summed E-state index contributed by atoms with van der Waals surface area (Å²) in [5.74, 6) is 3.95. The Morgan fingerprint density at radius 1 is 0.333 bits per heavy atom. The zero-order valence-electron chi connectivity index (χ0n) is 29.5. The molecule has 0 aliphatic rings. The minimum Gasteiger partial charge on any atom is -0.456 e. The van der Waals surface area contributed by atoms with Crippen LogP contribution in [0.25, 0.3) is 65.7 Å². The van der Waals surface area contributed by atoms with E-state index in [-0.39, 0.29) is 0 Å². The maximum Gasteiger partial charge on any atom is 0.230 e. The molecule has 1 nitrogen and oxygen atoms in total. The molecule has 0 aliphatic carbocycles. The van der Waals surface area contributed by atoms with Gasteiger partial charge in [-0.25, -0.2) is 0 Å². The quantitative estimate of drug-likeness (QED) is 0.0753. The summed E-state index contributed by atoms with van der Waals surface area (Å²) in [7, 11) is -2.83. The van der Waals surface area contributed by atoms with Gasteiger partial charge >= 0.3 is 0 Å². The predicted molar refractivity (Wildman–Crippen MR) is 230 cm³/mol. The maximum atomic E-state index is 6.19. The molecule has 0 fully saturated rings. The lowest BCUT2D eigenvalue weighted by Gasteiger charge is -2.28. The second-order valence-electron chi connectivity index (χ2n) is 13.8. The van der Waals surface area contributed by atoms with Crippen LogP contribution in [0.5, 0.6) is 0 Å². The van der Waals surface area contributed by atoms with Crippen molar-refractivity contribution < 1.29 is 4.42 Å². The summed E-state index contributed by atoms with van der Waals surface area (Å²) in [6.45, 7) is 0. The molecule has 0 N–H and O–H groups in total. The third-order valence-corrected chi connectivity index (χ3v) is 14.9. The summed E-state index contributed by atoms with van der Waals surface area (Å²) < 4.78 is 6.19. The lowest BCUT2D eigenvalue weighted by Crippen LogP contribution is -2.66. The van der Waals surface area contributed by atoms with Crippen molar-refractivity contribution in [2.75, 3.05) is 0 Å². The van der Waals surface area contributed by atoms with E-state index in [0.717, 1.165) is 49.4 Å². The normalized spacial score (nSPS) is 11.6. The molecule has 10 rings (SSSR count). The second kappa shape index (κ2) is 13.2. The van der Waals surface area contributed by atoms with E-state index >= 15 is 0 Å². The van der Waals surface area contributed by atoms with Gasteiger partial charge in [-0.05, 0) is 83.6 Å². The highest BCUT2D eigenvalue weighted by atomic mass is 28.3. The molecule has 1 aromatic heterocycles. The van der Waals surface area contributed by atoms with Gasteiger partial charge in [-0.1, -0.05) is 188 Å². The number of para-hydroxylation sites is 1. The molecule has 0 amide bonds. The highest BCUT2D eigenvalue weighted by Gasteiger charge is 2.38. The van der Waals surface area contributed by atoms with Crippen LogP contribution in [0.1, 0.15) is 5.56 Å². The minimum absolute atomic E-state index is 0.900. The lowest BCUT2D eigenvalue weighted by atomic mass is 9.87. The Morgan fingerprint density at radius 3 is 1.43 bits per heavy atom. The van der Waals surface area contributed by atoms with E-state index in [1.165, 1.54) is 37.5 Å². The Morgan fingerprint density at radius 2 is 0.796 bits per heavy atom. The molecule has 252 valence electrons. The summed E-state index contributed by atoms with van der Waals surface area (Å²) in [6, 6.07) is 74.1. The summed E-state index contributed by atoms with van der Waals surface area (Å²) in [5, 5.41) is 10.8. The average Bonchev–Trinajstić information content (AvgIpc) is 3.63. The number of rotatable bonds is 5. The number of hydrogen-bond donors (Lipinski definition) is 0. The van der Waals surface area contributed by atoms with Crippen molar-refractivity contribution in [3.8, 4) is 33.7 Å². The van der Waals surface area contributed by atoms with Gasteiger partial charge in [-0.2, -0.15) is 0 Å². The van der Waals surface area contributed by atoms with Gasteiger partial charge in [0.1, 0.15) is 11.2 Å². The first-order valence-electron chi connectivity index (χ1n) is 18.4. The molecule has 0 atom stereocenters. The first-order chi connectivity index (χ1) is 26.8. The fourth-order valence-corrected chi connectivity index (χ4v) is 12.1. The molecule has 9 aromatic carbocycles. The van der Waals surface area contributed by atoms with Gasteiger partial charge in [-0.15, -0.1) is 5.54 Å². The van der Waals surface area contributed by atoms with Crippen LogP contribution in [-0.4, -0.2) is 8.07 Å². The highest BCUT2D eigenvalue weighted by Crippen LogP contribution is 2.41.